The molecule has 0 aliphatic carbocycles. The molecule has 3 aromatic rings. The van der Waals surface area contributed by atoms with Crippen LogP contribution in [0.3, 0.4) is 0 Å². The normalized spacial score (nSPS) is 12.8. The van der Waals surface area contributed by atoms with Gasteiger partial charge in [-0.1, -0.05) is 81.4 Å². The van der Waals surface area contributed by atoms with Crippen LogP contribution in [-0.4, -0.2) is 21.8 Å². The Kier molecular flexibility index (Phi) is 6.08. The van der Waals surface area contributed by atoms with E-state index >= 15 is 0 Å². The largest absolute Gasteiger partial charge is 0.456 e. The Bertz CT molecular complexity index is 1120. The number of benzene rings is 3. The molecule has 0 amide bonds. The summed E-state index contributed by atoms with van der Waals surface area (Å²) >= 11 is 0. The molecule has 2 bridgehead atoms. The molecule has 4 rings (SSSR count). The van der Waals surface area contributed by atoms with Crippen LogP contribution in [-0.2, 0) is 14.9 Å². The van der Waals surface area contributed by atoms with Gasteiger partial charge in [0.1, 0.15) is 11.3 Å². The molecule has 1 heterocycles. The quantitative estimate of drug-likeness (QED) is 0.267. The standard InChI is InChI=1S/C26H28O5Si/c1-26(2,3)22-19(17-12-8-6-9-13-17)20(18-14-10-7-11-15-18)23-21(24(22)29-16-28-23)25(27)30-31-32(4)5/h6-15,32H,16H2,1-5H3. The Balaban J connectivity index is 2.11. The number of hydrogen-bond donors (Lipinski definition) is 0. The minimum absolute atomic E-state index is 0.0270. The first-order valence-corrected chi connectivity index (χ1v) is 13.6. The third kappa shape index (κ3) is 4.16. The smallest absolute Gasteiger partial charge is 0.379 e. The highest BCUT2D eigenvalue weighted by Crippen LogP contribution is 2.54. The van der Waals surface area contributed by atoms with Gasteiger partial charge in [0.15, 0.2) is 5.75 Å². The molecule has 0 saturated heterocycles. The molecular weight excluding hydrogens is 420 g/mol. The van der Waals surface area contributed by atoms with Crippen LogP contribution < -0.4 is 9.47 Å². The van der Waals surface area contributed by atoms with E-state index in [0.717, 1.165) is 27.8 Å². The molecule has 5 nitrogen and oxygen atoms in total. The van der Waals surface area contributed by atoms with Gasteiger partial charge in [-0.25, -0.2) is 9.37 Å². The predicted molar refractivity (Wildman–Crippen MR) is 128 cm³/mol. The fraction of sp³-hybridized carbons (Fsp3) is 0.269. The lowest BCUT2D eigenvalue weighted by atomic mass is 9.76. The van der Waals surface area contributed by atoms with Crippen LogP contribution >= 0.6 is 0 Å². The highest BCUT2D eigenvalue weighted by molar-refractivity contribution is 6.48. The van der Waals surface area contributed by atoms with Crippen molar-refractivity contribution in [3.8, 4) is 33.8 Å². The number of carbonyl (C=O) groups excluding carboxylic acids is 1. The van der Waals surface area contributed by atoms with Crippen molar-refractivity contribution in [3.63, 3.8) is 0 Å². The monoisotopic (exact) mass is 448 g/mol. The Morgan fingerprint density at radius 2 is 1.38 bits per heavy atom. The number of hydrogen-bond acceptors (Lipinski definition) is 5. The van der Waals surface area contributed by atoms with Gasteiger partial charge in [0, 0.05) is 16.7 Å². The van der Waals surface area contributed by atoms with Gasteiger partial charge in [-0.15, -0.1) is 0 Å². The molecule has 3 aromatic carbocycles. The average Bonchev–Trinajstić information content (AvgIpc) is 2.77. The first kappa shape index (κ1) is 22.1. The summed E-state index contributed by atoms with van der Waals surface area (Å²) in [6.45, 7) is 10.2. The molecule has 1 aliphatic heterocycles. The third-order valence-corrected chi connectivity index (χ3v) is 5.69. The van der Waals surface area contributed by atoms with Crippen molar-refractivity contribution in [2.24, 2.45) is 0 Å². The molecule has 0 radical (unpaired) electrons. The second kappa shape index (κ2) is 8.80. The lowest BCUT2D eigenvalue weighted by molar-refractivity contribution is -0.154. The topological polar surface area (TPSA) is 54.0 Å². The number of fused-ring (bicyclic) bond motifs is 2. The predicted octanol–water partition coefficient (Wildman–Crippen LogP) is 6.12. The van der Waals surface area contributed by atoms with Crippen LogP contribution in [0.2, 0.25) is 13.1 Å². The summed E-state index contributed by atoms with van der Waals surface area (Å²) in [6.07, 6.45) is 0. The van der Waals surface area contributed by atoms with Crippen molar-refractivity contribution in [3.05, 3.63) is 71.8 Å². The first-order chi connectivity index (χ1) is 15.3. The van der Waals surface area contributed by atoms with Crippen LogP contribution in [0.5, 0.6) is 11.5 Å². The van der Waals surface area contributed by atoms with Crippen LogP contribution in [0.4, 0.5) is 0 Å². The van der Waals surface area contributed by atoms with E-state index in [4.69, 9.17) is 18.9 Å². The fourth-order valence-corrected chi connectivity index (χ4v) is 4.28. The molecule has 0 N–H and O–H groups in total. The molecule has 32 heavy (non-hydrogen) atoms. The number of ether oxygens (including phenoxy) is 2. The second-order valence-corrected chi connectivity index (χ2v) is 11.4. The van der Waals surface area contributed by atoms with E-state index in [-0.39, 0.29) is 17.8 Å². The van der Waals surface area contributed by atoms with E-state index in [1.54, 1.807) is 0 Å². The Morgan fingerprint density at radius 1 is 0.844 bits per heavy atom. The van der Waals surface area contributed by atoms with E-state index in [2.05, 4.69) is 32.9 Å². The highest BCUT2D eigenvalue weighted by atomic mass is 28.3. The zero-order valence-electron chi connectivity index (χ0n) is 19.1. The summed E-state index contributed by atoms with van der Waals surface area (Å²) in [5.74, 6) is 0.359. The Labute approximate surface area is 190 Å². The van der Waals surface area contributed by atoms with Crippen molar-refractivity contribution in [1.82, 2.24) is 0 Å². The van der Waals surface area contributed by atoms with E-state index in [1.807, 2.05) is 61.6 Å². The Morgan fingerprint density at radius 3 is 1.91 bits per heavy atom. The van der Waals surface area contributed by atoms with Crippen molar-refractivity contribution >= 4 is 15.0 Å². The van der Waals surface area contributed by atoms with Crippen LogP contribution in [0.15, 0.2) is 60.7 Å². The minimum atomic E-state index is -1.57. The van der Waals surface area contributed by atoms with Crippen molar-refractivity contribution < 1.29 is 23.7 Å². The summed E-state index contributed by atoms with van der Waals surface area (Å²) in [7, 11) is -1.57. The number of carbonyl (C=O) groups is 1. The summed E-state index contributed by atoms with van der Waals surface area (Å²) in [4.78, 5) is 18.4. The van der Waals surface area contributed by atoms with E-state index in [9.17, 15) is 4.79 Å². The van der Waals surface area contributed by atoms with Crippen molar-refractivity contribution in [1.29, 1.82) is 0 Å². The van der Waals surface area contributed by atoms with Crippen LogP contribution in [0, 0.1) is 0 Å². The van der Waals surface area contributed by atoms with Gasteiger partial charge in [-0.05, 0) is 29.6 Å². The molecular formula is C26H28O5Si. The maximum Gasteiger partial charge on any atom is 0.379 e. The summed E-state index contributed by atoms with van der Waals surface area (Å²) in [5, 5.41) is 0. The summed E-state index contributed by atoms with van der Waals surface area (Å²) in [5.41, 5.74) is 4.69. The number of rotatable bonds is 5. The average molecular weight is 449 g/mol. The maximum atomic E-state index is 13.2. The molecule has 0 atom stereocenters. The highest BCUT2D eigenvalue weighted by Gasteiger charge is 2.38. The molecule has 0 aromatic heterocycles. The zero-order chi connectivity index (χ0) is 22.9. The summed E-state index contributed by atoms with van der Waals surface area (Å²) < 4.78 is 17.3. The Hall–Kier alpha value is -3.09. The van der Waals surface area contributed by atoms with Crippen LogP contribution in [0.25, 0.3) is 22.3 Å². The third-order valence-electron chi connectivity index (χ3n) is 5.21. The molecule has 1 aliphatic rings. The van der Waals surface area contributed by atoms with Crippen LogP contribution in [0.1, 0.15) is 36.7 Å². The van der Waals surface area contributed by atoms with Crippen molar-refractivity contribution in [2.45, 2.75) is 39.3 Å². The second-order valence-electron chi connectivity index (χ2n) is 9.06. The lowest BCUT2D eigenvalue weighted by Crippen LogP contribution is -2.26. The van der Waals surface area contributed by atoms with Crippen molar-refractivity contribution in [2.75, 3.05) is 6.79 Å². The molecule has 0 spiro atoms. The molecule has 0 fully saturated rings. The fourth-order valence-electron chi connectivity index (χ4n) is 4.00. The molecule has 0 unspecified atom stereocenters. The molecule has 0 saturated carbocycles. The molecule has 166 valence electrons. The lowest BCUT2D eigenvalue weighted by Gasteiger charge is -2.34. The van der Waals surface area contributed by atoms with Gasteiger partial charge in [0.05, 0.1) is 0 Å². The van der Waals surface area contributed by atoms with Gasteiger partial charge >= 0.3 is 5.97 Å². The van der Waals surface area contributed by atoms with E-state index < -0.39 is 15.0 Å². The SMILES string of the molecule is C[SiH](C)OOC(=O)c1c2c(-c3ccccc3)c(-c3ccccc3)c(C(C)(C)C)c1OCO2. The van der Waals surface area contributed by atoms with Gasteiger partial charge in [0.2, 0.25) is 15.8 Å². The van der Waals surface area contributed by atoms with E-state index in [1.165, 1.54) is 0 Å². The van der Waals surface area contributed by atoms with E-state index in [0.29, 0.717) is 11.5 Å². The molecule has 6 heteroatoms. The van der Waals surface area contributed by atoms with Gasteiger partial charge < -0.3 is 14.4 Å². The van der Waals surface area contributed by atoms with Gasteiger partial charge in [-0.3, -0.25) is 0 Å². The first-order valence-electron chi connectivity index (χ1n) is 10.8. The maximum absolute atomic E-state index is 13.2. The minimum Gasteiger partial charge on any atom is -0.456 e. The summed E-state index contributed by atoms with van der Waals surface area (Å²) in [6, 6.07) is 20.1. The van der Waals surface area contributed by atoms with Gasteiger partial charge in [-0.2, -0.15) is 0 Å². The zero-order valence-corrected chi connectivity index (χ0v) is 20.3. The van der Waals surface area contributed by atoms with Gasteiger partial charge in [0.25, 0.3) is 0 Å².